The van der Waals surface area contributed by atoms with Gasteiger partial charge in [0.05, 0.1) is 39.5 Å². The van der Waals surface area contributed by atoms with Crippen molar-refractivity contribution in [2.75, 3.05) is 12.0 Å². The number of benzene rings is 2. The predicted molar refractivity (Wildman–Crippen MR) is 131 cm³/mol. The van der Waals surface area contributed by atoms with Crippen molar-refractivity contribution < 1.29 is 19.4 Å². The minimum absolute atomic E-state index is 0.0859. The Kier molecular flexibility index (Phi) is 5.55. The van der Waals surface area contributed by atoms with Gasteiger partial charge in [-0.15, -0.1) is 0 Å². The molecule has 9 heteroatoms. The molecule has 1 saturated heterocycles. The minimum Gasteiger partial charge on any atom is -0.507 e. The van der Waals surface area contributed by atoms with Gasteiger partial charge in [-0.25, -0.2) is 4.98 Å². The highest BCUT2D eigenvalue weighted by Crippen LogP contribution is 2.45. The average molecular weight is 492 g/mol. The van der Waals surface area contributed by atoms with Crippen molar-refractivity contribution >= 4 is 55.7 Å². The molecule has 7 nitrogen and oxygen atoms in total. The number of aliphatic hydroxyl groups is 1. The number of Topliss-reactive ketones (excluding diaryl/α,β-unsaturated/α-hetero) is 1. The van der Waals surface area contributed by atoms with E-state index in [1.807, 2.05) is 24.3 Å². The molecule has 3 heterocycles. The lowest BCUT2D eigenvalue weighted by Crippen LogP contribution is -2.29. The molecule has 1 N–H and O–H groups in total. The molecule has 1 fully saturated rings. The highest BCUT2D eigenvalue weighted by molar-refractivity contribution is 7.22. The van der Waals surface area contributed by atoms with Gasteiger partial charge in [0, 0.05) is 12.4 Å². The molecule has 34 heavy (non-hydrogen) atoms. The van der Waals surface area contributed by atoms with Crippen molar-refractivity contribution in [3.63, 3.8) is 0 Å². The molecule has 0 saturated carbocycles. The van der Waals surface area contributed by atoms with Gasteiger partial charge in [-0.05, 0) is 48.4 Å². The van der Waals surface area contributed by atoms with E-state index >= 15 is 0 Å². The molecule has 1 aliphatic heterocycles. The summed E-state index contributed by atoms with van der Waals surface area (Å²) in [6, 6.07) is 13.3. The maximum absolute atomic E-state index is 13.3. The molecule has 0 radical (unpaired) electrons. The molecule has 5 rings (SSSR count). The van der Waals surface area contributed by atoms with Gasteiger partial charge in [-0.2, -0.15) is 0 Å². The zero-order valence-electron chi connectivity index (χ0n) is 18.2. The summed E-state index contributed by atoms with van der Waals surface area (Å²) in [6.07, 6.45) is 3.15. The third-order valence-electron chi connectivity index (χ3n) is 5.58. The molecule has 0 aliphatic carbocycles. The minimum atomic E-state index is -0.932. The largest absolute Gasteiger partial charge is 0.507 e. The van der Waals surface area contributed by atoms with Crippen molar-refractivity contribution in [2.24, 2.45) is 0 Å². The zero-order valence-corrected chi connectivity index (χ0v) is 19.7. The molecule has 4 aromatic rings. The second-order valence-electron chi connectivity index (χ2n) is 7.75. The Morgan fingerprint density at radius 1 is 1.18 bits per heavy atom. The third-order valence-corrected chi connectivity index (χ3v) is 6.90. The zero-order chi connectivity index (χ0) is 24.0. The summed E-state index contributed by atoms with van der Waals surface area (Å²) >= 11 is 7.63. The molecule has 2 aromatic heterocycles. The Labute approximate surface area is 203 Å². The van der Waals surface area contributed by atoms with Crippen molar-refractivity contribution in [3.05, 3.63) is 88.2 Å². The first-order chi connectivity index (χ1) is 16.4. The molecular weight excluding hydrogens is 474 g/mol. The van der Waals surface area contributed by atoms with Gasteiger partial charge in [-0.1, -0.05) is 41.1 Å². The highest BCUT2D eigenvalue weighted by Gasteiger charge is 2.48. The fourth-order valence-electron chi connectivity index (χ4n) is 4.10. The van der Waals surface area contributed by atoms with E-state index in [1.54, 1.807) is 43.6 Å². The van der Waals surface area contributed by atoms with Crippen LogP contribution < -0.4 is 9.64 Å². The number of aryl methyl sites for hydroxylation is 1. The number of para-hydroxylation sites is 1. The first kappa shape index (κ1) is 22.1. The highest BCUT2D eigenvalue weighted by atomic mass is 35.5. The summed E-state index contributed by atoms with van der Waals surface area (Å²) in [5.74, 6) is -1.78. The molecule has 1 unspecified atom stereocenters. The van der Waals surface area contributed by atoms with Gasteiger partial charge in [-0.3, -0.25) is 19.5 Å². The van der Waals surface area contributed by atoms with E-state index in [-0.39, 0.29) is 27.7 Å². The van der Waals surface area contributed by atoms with E-state index in [0.717, 1.165) is 10.3 Å². The van der Waals surface area contributed by atoms with Crippen LogP contribution in [0.2, 0.25) is 5.02 Å². The Balaban J connectivity index is 1.77. The smallest absolute Gasteiger partial charge is 0.301 e. The standard InChI is InChI=1S/C25H18ClN3O4S/c1-13-10-15(23(33-2)16(26)11-13)21(30)19-20(14-6-5-9-27-12-14)29(24(32)22(19)31)25-28-17-7-3-4-8-18(17)34-25/h3-12,20,30H,1-2H3/b21-19+. The lowest BCUT2D eigenvalue weighted by molar-refractivity contribution is -0.132. The van der Waals surface area contributed by atoms with Crippen molar-refractivity contribution in [3.8, 4) is 5.75 Å². The molecule has 1 aliphatic rings. The average Bonchev–Trinajstić information content (AvgIpc) is 3.37. The molecule has 2 aromatic carbocycles. The first-order valence-electron chi connectivity index (χ1n) is 10.3. The van der Waals surface area contributed by atoms with E-state index in [4.69, 9.17) is 16.3 Å². The number of pyridine rings is 1. The molecule has 1 amide bonds. The number of thiazole rings is 1. The number of ether oxygens (including phenoxy) is 1. The number of rotatable bonds is 4. The summed E-state index contributed by atoms with van der Waals surface area (Å²) in [7, 11) is 1.42. The van der Waals surface area contributed by atoms with Crippen LogP contribution in [0.5, 0.6) is 5.75 Å². The number of anilines is 1. The number of aromatic nitrogens is 2. The van der Waals surface area contributed by atoms with E-state index in [9.17, 15) is 14.7 Å². The number of hydrogen-bond acceptors (Lipinski definition) is 7. The van der Waals surface area contributed by atoms with Gasteiger partial charge >= 0.3 is 5.91 Å². The number of aliphatic hydroxyl groups excluding tert-OH is 1. The number of halogens is 1. The van der Waals surface area contributed by atoms with Crippen LogP contribution in [-0.4, -0.2) is 33.9 Å². The lowest BCUT2D eigenvalue weighted by atomic mass is 9.95. The summed E-state index contributed by atoms with van der Waals surface area (Å²) in [5, 5.41) is 12.0. The fourth-order valence-corrected chi connectivity index (χ4v) is 5.45. The maximum Gasteiger partial charge on any atom is 0.301 e. The van der Waals surface area contributed by atoms with Crippen LogP contribution in [0, 0.1) is 6.92 Å². The van der Waals surface area contributed by atoms with E-state index in [0.29, 0.717) is 16.2 Å². The number of carbonyl (C=O) groups is 2. The van der Waals surface area contributed by atoms with Crippen LogP contribution in [-0.2, 0) is 9.59 Å². The quantitative estimate of drug-likeness (QED) is 0.237. The maximum atomic E-state index is 13.3. The predicted octanol–water partition coefficient (Wildman–Crippen LogP) is 5.29. The topological polar surface area (TPSA) is 92.6 Å². The molecule has 170 valence electrons. The number of methoxy groups -OCH3 is 1. The third kappa shape index (κ3) is 3.52. The second-order valence-corrected chi connectivity index (χ2v) is 9.16. The van der Waals surface area contributed by atoms with Crippen LogP contribution in [0.15, 0.2) is 66.5 Å². The monoisotopic (exact) mass is 491 g/mol. The second kappa shape index (κ2) is 8.55. The molecule has 1 atom stereocenters. The summed E-state index contributed by atoms with van der Waals surface area (Å²) < 4.78 is 6.28. The molecular formula is C25H18ClN3O4S. The van der Waals surface area contributed by atoms with E-state index in [2.05, 4.69) is 9.97 Å². The van der Waals surface area contributed by atoms with Crippen LogP contribution >= 0.6 is 22.9 Å². The van der Waals surface area contributed by atoms with E-state index in [1.165, 1.54) is 23.3 Å². The summed E-state index contributed by atoms with van der Waals surface area (Å²) in [6.45, 7) is 1.81. The number of nitrogens with zero attached hydrogens (tertiary/aromatic N) is 3. The molecule has 0 spiro atoms. The van der Waals surface area contributed by atoms with Gasteiger partial charge in [0.15, 0.2) is 5.13 Å². The normalized spacial score (nSPS) is 17.5. The van der Waals surface area contributed by atoms with E-state index < -0.39 is 17.7 Å². The summed E-state index contributed by atoms with van der Waals surface area (Å²) in [5.41, 5.74) is 2.16. The Morgan fingerprint density at radius 2 is 1.97 bits per heavy atom. The lowest BCUT2D eigenvalue weighted by Gasteiger charge is -2.23. The van der Waals surface area contributed by atoms with Crippen molar-refractivity contribution in [1.82, 2.24) is 9.97 Å². The van der Waals surface area contributed by atoms with Gasteiger partial charge in [0.2, 0.25) is 0 Å². The van der Waals surface area contributed by atoms with Crippen LogP contribution in [0.25, 0.3) is 16.0 Å². The summed E-state index contributed by atoms with van der Waals surface area (Å²) in [4.78, 5) is 36.7. The van der Waals surface area contributed by atoms with Crippen LogP contribution in [0.3, 0.4) is 0 Å². The SMILES string of the molecule is COc1c(Cl)cc(C)cc1/C(O)=C1\C(=O)C(=O)N(c2nc3ccccc3s2)C1c1cccnc1. The Hall–Kier alpha value is -3.75. The van der Waals surface area contributed by atoms with Crippen molar-refractivity contribution in [2.45, 2.75) is 13.0 Å². The number of amides is 1. The number of fused-ring (bicyclic) bond motifs is 1. The Bertz CT molecular complexity index is 1450. The molecule has 0 bridgehead atoms. The van der Waals surface area contributed by atoms with Gasteiger partial charge < -0.3 is 9.84 Å². The number of hydrogen-bond donors (Lipinski definition) is 1. The van der Waals surface area contributed by atoms with Gasteiger partial charge in [0.25, 0.3) is 5.78 Å². The number of carbonyl (C=O) groups excluding carboxylic acids is 2. The van der Waals surface area contributed by atoms with Crippen molar-refractivity contribution in [1.29, 1.82) is 0 Å². The fraction of sp³-hybridized carbons (Fsp3) is 0.120. The Morgan fingerprint density at radius 3 is 2.68 bits per heavy atom. The van der Waals surface area contributed by atoms with Gasteiger partial charge in [0.1, 0.15) is 11.5 Å². The number of ketones is 1. The van der Waals surface area contributed by atoms with Crippen LogP contribution in [0.1, 0.15) is 22.7 Å². The first-order valence-corrected chi connectivity index (χ1v) is 11.5. The van der Waals surface area contributed by atoms with Crippen LogP contribution in [0.4, 0.5) is 5.13 Å².